The van der Waals surface area contributed by atoms with Crippen LogP contribution in [0.4, 0.5) is 5.69 Å². The van der Waals surface area contributed by atoms with Crippen LogP contribution in [0, 0.1) is 0 Å². The fourth-order valence-corrected chi connectivity index (χ4v) is 1.19. The normalized spacial score (nSPS) is 15.8. The van der Waals surface area contributed by atoms with E-state index in [0.29, 0.717) is 12.5 Å². The van der Waals surface area contributed by atoms with Gasteiger partial charge < -0.3 is 5.32 Å². The van der Waals surface area contributed by atoms with Gasteiger partial charge in [0.05, 0.1) is 17.9 Å². The van der Waals surface area contributed by atoms with Crippen molar-refractivity contribution in [3.8, 4) is 0 Å². The molecule has 2 rings (SSSR count). The zero-order valence-electron chi connectivity index (χ0n) is 7.66. The maximum absolute atomic E-state index is 11.0. The first-order valence-corrected chi connectivity index (χ1v) is 4.63. The van der Waals surface area contributed by atoms with Gasteiger partial charge in [-0.1, -0.05) is 6.92 Å². The van der Waals surface area contributed by atoms with Crippen LogP contribution in [0.1, 0.15) is 32.2 Å². The Morgan fingerprint density at radius 2 is 2.54 bits per heavy atom. The van der Waals surface area contributed by atoms with Crippen LogP contribution < -0.4 is 5.32 Å². The van der Waals surface area contributed by atoms with Crippen molar-refractivity contribution in [2.75, 3.05) is 5.32 Å². The summed E-state index contributed by atoms with van der Waals surface area (Å²) in [6, 6.07) is 0.576. The first-order valence-electron chi connectivity index (χ1n) is 4.63. The first-order chi connectivity index (χ1) is 6.29. The number of nitrogens with one attached hydrogen (secondary N) is 1. The molecule has 13 heavy (non-hydrogen) atoms. The van der Waals surface area contributed by atoms with E-state index in [0.717, 1.165) is 5.69 Å². The van der Waals surface area contributed by atoms with Crippen molar-refractivity contribution < 1.29 is 4.79 Å². The quantitative estimate of drug-likeness (QED) is 0.765. The number of nitrogens with zero attached hydrogens (tertiary/aromatic N) is 2. The molecule has 1 saturated carbocycles. The summed E-state index contributed by atoms with van der Waals surface area (Å²) in [4.78, 5) is 11.0. The van der Waals surface area contributed by atoms with Crippen LogP contribution in [0.2, 0.25) is 0 Å². The van der Waals surface area contributed by atoms with E-state index in [9.17, 15) is 4.79 Å². The zero-order chi connectivity index (χ0) is 9.26. The molecule has 0 saturated heterocycles. The molecule has 0 aliphatic heterocycles. The van der Waals surface area contributed by atoms with Gasteiger partial charge in [-0.3, -0.25) is 9.48 Å². The summed E-state index contributed by atoms with van der Waals surface area (Å²) in [6.45, 7) is 1.83. The summed E-state index contributed by atoms with van der Waals surface area (Å²) < 4.78 is 1.92. The lowest BCUT2D eigenvalue weighted by atomic mass is 10.4. The summed E-state index contributed by atoms with van der Waals surface area (Å²) in [6.07, 6.45) is 6.53. The van der Waals surface area contributed by atoms with Crippen LogP contribution in [0.25, 0.3) is 0 Å². The molecule has 1 heterocycles. The molecule has 0 unspecified atom stereocenters. The lowest BCUT2D eigenvalue weighted by molar-refractivity contribution is -0.115. The van der Waals surface area contributed by atoms with Gasteiger partial charge in [0.1, 0.15) is 0 Å². The summed E-state index contributed by atoms with van der Waals surface area (Å²) in [7, 11) is 0. The second-order valence-corrected chi connectivity index (χ2v) is 3.34. The molecule has 1 aliphatic rings. The molecule has 0 bridgehead atoms. The van der Waals surface area contributed by atoms with Crippen molar-refractivity contribution in [1.29, 1.82) is 0 Å². The van der Waals surface area contributed by atoms with Crippen LogP contribution in [-0.2, 0) is 4.79 Å². The van der Waals surface area contributed by atoms with Crippen molar-refractivity contribution in [1.82, 2.24) is 9.78 Å². The molecule has 70 valence electrons. The Kier molecular flexibility index (Phi) is 2.04. The SMILES string of the molecule is CCC(=O)Nc1cnn(C2CC2)c1. The third-order valence-corrected chi connectivity index (χ3v) is 2.13. The van der Waals surface area contributed by atoms with Crippen LogP contribution in [0.3, 0.4) is 0 Å². The molecular weight excluding hydrogens is 166 g/mol. The van der Waals surface area contributed by atoms with Crippen LogP contribution in [0.5, 0.6) is 0 Å². The number of hydrogen-bond donors (Lipinski definition) is 1. The van der Waals surface area contributed by atoms with Crippen molar-refractivity contribution in [3.63, 3.8) is 0 Å². The Morgan fingerprint density at radius 1 is 1.77 bits per heavy atom. The summed E-state index contributed by atoms with van der Waals surface area (Å²) in [5, 5.41) is 6.94. The number of carbonyl (C=O) groups is 1. The Bertz CT molecular complexity index is 314. The minimum absolute atomic E-state index is 0.0374. The Labute approximate surface area is 76.9 Å². The lowest BCUT2D eigenvalue weighted by Gasteiger charge is -1.97. The molecule has 1 aliphatic carbocycles. The van der Waals surface area contributed by atoms with Gasteiger partial charge in [-0.25, -0.2) is 0 Å². The third kappa shape index (κ3) is 1.88. The smallest absolute Gasteiger partial charge is 0.224 e. The highest BCUT2D eigenvalue weighted by Gasteiger charge is 2.24. The Balaban J connectivity index is 2.00. The fourth-order valence-electron chi connectivity index (χ4n) is 1.19. The average molecular weight is 179 g/mol. The fraction of sp³-hybridized carbons (Fsp3) is 0.556. The van der Waals surface area contributed by atoms with Crippen LogP contribution >= 0.6 is 0 Å². The minimum atomic E-state index is 0.0374. The number of amides is 1. The maximum atomic E-state index is 11.0. The summed E-state index contributed by atoms with van der Waals surface area (Å²) in [5.74, 6) is 0.0374. The van der Waals surface area contributed by atoms with Crippen LogP contribution in [-0.4, -0.2) is 15.7 Å². The third-order valence-electron chi connectivity index (χ3n) is 2.13. The number of aromatic nitrogens is 2. The van der Waals surface area contributed by atoms with E-state index in [-0.39, 0.29) is 5.91 Å². The van der Waals surface area contributed by atoms with E-state index in [2.05, 4.69) is 10.4 Å². The zero-order valence-corrected chi connectivity index (χ0v) is 7.66. The van der Waals surface area contributed by atoms with E-state index in [1.54, 1.807) is 6.20 Å². The molecule has 1 amide bonds. The monoisotopic (exact) mass is 179 g/mol. The Hall–Kier alpha value is -1.32. The summed E-state index contributed by atoms with van der Waals surface area (Å²) in [5.41, 5.74) is 0.804. The average Bonchev–Trinajstić information content (AvgIpc) is 2.88. The molecule has 4 heteroatoms. The minimum Gasteiger partial charge on any atom is -0.323 e. The molecule has 0 spiro atoms. The van der Waals surface area contributed by atoms with Gasteiger partial charge in [-0.2, -0.15) is 5.10 Å². The lowest BCUT2D eigenvalue weighted by Crippen LogP contribution is -2.08. The standard InChI is InChI=1S/C9H13N3O/c1-2-9(13)11-7-5-10-12(6-7)8-3-4-8/h5-6,8H,2-4H2,1H3,(H,11,13). The molecule has 1 aromatic heterocycles. The van der Waals surface area contributed by atoms with E-state index in [1.807, 2.05) is 17.8 Å². The van der Waals surface area contributed by atoms with E-state index in [4.69, 9.17) is 0 Å². The van der Waals surface area contributed by atoms with Crippen molar-refractivity contribution in [2.45, 2.75) is 32.2 Å². The highest BCUT2D eigenvalue weighted by atomic mass is 16.1. The number of anilines is 1. The van der Waals surface area contributed by atoms with Gasteiger partial charge >= 0.3 is 0 Å². The highest BCUT2D eigenvalue weighted by molar-refractivity contribution is 5.90. The van der Waals surface area contributed by atoms with Gasteiger partial charge in [-0.05, 0) is 12.8 Å². The van der Waals surface area contributed by atoms with Gasteiger partial charge in [0.15, 0.2) is 0 Å². The predicted molar refractivity (Wildman–Crippen MR) is 49.4 cm³/mol. The maximum Gasteiger partial charge on any atom is 0.224 e. The first kappa shape index (κ1) is 8.29. The molecular formula is C9H13N3O. The molecule has 0 radical (unpaired) electrons. The summed E-state index contributed by atoms with van der Waals surface area (Å²) >= 11 is 0. The van der Waals surface area contributed by atoms with Gasteiger partial charge in [0, 0.05) is 12.6 Å². The second kappa shape index (κ2) is 3.20. The second-order valence-electron chi connectivity index (χ2n) is 3.34. The molecule has 0 aromatic carbocycles. The van der Waals surface area contributed by atoms with Crippen molar-refractivity contribution >= 4 is 11.6 Å². The number of rotatable bonds is 3. The van der Waals surface area contributed by atoms with Gasteiger partial charge in [0.2, 0.25) is 5.91 Å². The molecule has 1 fully saturated rings. The molecule has 4 nitrogen and oxygen atoms in total. The van der Waals surface area contributed by atoms with E-state index in [1.165, 1.54) is 12.8 Å². The van der Waals surface area contributed by atoms with E-state index >= 15 is 0 Å². The van der Waals surface area contributed by atoms with Crippen molar-refractivity contribution in [3.05, 3.63) is 12.4 Å². The molecule has 0 atom stereocenters. The topological polar surface area (TPSA) is 46.9 Å². The number of carbonyl (C=O) groups excluding carboxylic acids is 1. The predicted octanol–water partition coefficient (Wildman–Crippen LogP) is 1.57. The van der Waals surface area contributed by atoms with Gasteiger partial charge in [0.25, 0.3) is 0 Å². The Morgan fingerprint density at radius 3 is 3.15 bits per heavy atom. The van der Waals surface area contributed by atoms with Crippen molar-refractivity contribution in [2.24, 2.45) is 0 Å². The van der Waals surface area contributed by atoms with Gasteiger partial charge in [-0.15, -0.1) is 0 Å². The largest absolute Gasteiger partial charge is 0.323 e. The molecule has 1 N–H and O–H groups in total. The highest BCUT2D eigenvalue weighted by Crippen LogP contribution is 2.34. The molecule has 1 aromatic rings. The number of hydrogen-bond acceptors (Lipinski definition) is 2. The van der Waals surface area contributed by atoms with E-state index < -0.39 is 0 Å². The van der Waals surface area contributed by atoms with Crippen LogP contribution in [0.15, 0.2) is 12.4 Å².